The molecule has 3 heteroatoms. The number of benzene rings is 1. The summed E-state index contributed by atoms with van der Waals surface area (Å²) < 4.78 is 0.765. The highest BCUT2D eigenvalue weighted by Gasteiger charge is 1.98. The molecule has 2 aromatic rings. The summed E-state index contributed by atoms with van der Waals surface area (Å²) >= 11 is 0. The number of aromatic nitrogens is 1. The van der Waals surface area contributed by atoms with Crippen LogP contribution in [0, 0.1) is 5.21 Å². The molecule has 2 rings (SSSR count). The van der Waals surface area contributed by atoms with Crippen molar-refractivity contribution in [3.8, 4) is 11.1 Å². The van der Waals surface area contributed by atoms with E-state index < -0.39 is 0 Å². The SMILES string of the molecule is Nc1ccc(-c2cc[n+]([O-])cc2)cc1. The van der Waals surface area contributed by atoms with Crippen LogP contribution in [0.15, 0.2) is 48.8 Å². The van der Waals surface area contributed by atoms with Gasteiger partial charge in [0.05, 0.1) is 0 Å². The highest BCUT2D eigenvalue weighted by Crippen LogP contribution is 2.18. The van der Waals surface area contributed by atoms with Crippen molar-refractivity contribution in [2.24, 2.45) is 0 Å². The summed E-state index contributed by atoms with van der Waals surface area (Å²) in [6.45, 7) is 0. The van der Waals surface area contributed by atoms with E-state index >= 15 is 0 Å². The Kier molecular flexibility index (Phi) is 2.07. The minimum absolute atomic E-state index is 0.739. The first-order valence-corrected chi connectivity index (χ1v) is 4.30. The maximum Gasteiger partial charge on any atom is 0.180 e. The van der Waals surface area contributed by atoms with Crippen LogP contribution in [0.5, 0.6) is 0 Å². The Balaban J connectivity index is 2.40. The number of nitrogens with zero attached hydrogens (tertiary/aromatic N) is 1. The molecule has 0 amide bonds. The Bertz CT molecular complexity index is 377. The van der Waals surface area contributed by atoms with Gasteiger partial charge in [0.1, 0.15) is 0 Å². The molecular weight excluding hydrogens is 176 g/mol. The molecule has 70 valence electrons. The van der Waals surface area contributed by atoms with Crippen molar-refractivity contribution >= 4 is 5.69 Å². The van der Waals surface area contributed by atoms with Crippen molar-refractivity contribution in [1.82, 2.24) is 0 Å². The Morgan fingerprint density at radius 1 is 0.857 bits per heavy atom. The minimum atomic E-state index is 0.739. The van der Waals surface area contributed by atoms with E-state index in [0.717, 1.165) is 21.5 Å². The summed E-state index contributed by atoms with van der Waals surface area (Å²) in [6.07, 6.45) is 2.96. The first kappa shape index (κ1) is 8.56. The fourth-order valence-electron chi connectivity index (χ4n) is 1.28. The lowest BCUT2D eigenvalue weighted by molar-refractivity contribution is -0.605. The van der Waals surface area contributed by atoms with E-state index in [-0.39, 0.29) is 0 Å². The average Bonchev–Trinajstić information content (AvgIpc) is 2.21. The lowest BCUT2D eigenvalue weighted by atomic mass is 10.1. The van der Waals surface area contributed by atoms with E-state index in [9.17, 15) is 5.21 Å². The summed E-state index contributed by atoms with van der Waals surface area (Å²) in [6, 6.07) is 11.1. The van der Waals surface area contributed by atoms with Gasteiger partial charge in [0.2, 0.25) is 0 Å². The number of pyridine rings is 1. The number of hydrogen-bond donors (Lipinski definition) is 1. The van der Waals surface area contributed by atoms with E-state index in [1.807, 2.05) is 24.3 Å². The summed E-state index contributed by atoms with van der Waals surface area (Å²) in [5.74, 6) is 0. The van der Waals surface area contributed by atoms with E-state index in [2.05, 4.69) is 0 Å². The number of hydrogen-bond acceptors (Lipinski definition) is 2. The topological polar surface area (TPSA) is 53.0 Å². The molecule has 0 aliphatic heterocycles. The second-order valence-corrected chi connectivity index (χ2v) is 3.07. The minimum Gasteiger partial charge on any atom is -0.619 e. The van der Waals surface area contributed by atoms with Gasteiger partial charge in [0, 0.05) is 17.8 Å². The van der Waals surface area contributed by atoms with E-state index in [1.165, 1.54) is 12.4 Å². The Hall–Kier alpha value is -2.03. The molecule has 0 spiro atoms. The summed E-state index contributed by atoms with van der Waals surface area (Å²) in [7, 11) is 0. The molecule has 1 aromatic carbocycles. The molecule has 0 atom stereocenters. The van der Waals surface area contributed by atoms with Crippen molar-refractivity contribution in [1.29, 1.82) is 0 Å². The molecule has 0 fully saturated rings. The molecule has 1 aromatic heterocycles. The van der Waals surface area contributed by atoms with Gasteiger partial charge in [-0.1, -0.05) is 12.1 Å². The fraction of sp³-hybridized carbons (Fsp3) is 0. The Labute approximate surface area is 82.0 Å². The normalized spacial score (nSPS) is 10.0. The van der Waals surface area contributed by atoms with Crippen molar-refractivity contribution < 1.29 is 4.73 Å². The third-order valence-electron chi connectivity index (χ3n) is 2.05. The molecule has 0 unspecified atom stereocenters. The monoisotopic (exact) mass is 186 g/mol. The van der Waals surface area contributed by atoms with Crippen molar-refractivity contribution in [2.45, 2.75) is 0 Å². The first-order chi connectivity index (χ1) is 6.75. The zero-order valence-electron chi connectivity index (χ0n) is 7.55. The molecule has 2 N–H and O–H groups in total. The molecule has 1 heterocycles. The quantitative estimate of drug-likeness (QED) is 0.417. The van der Waals surface area contributed by atoms with Crippen LogP contribution in [0.4, 0.5) is 5.69 Å². The maximum absolute atomic E-state index is 10.8. The van der Waals surface area contributed by atoms with Gasteiger partial charge < -0.3 is 10.9 Å². The predicted molar refractivity (Wildman–Crippen MR) is 55.3 cm³/mol. The molecule has 3 nitrogen and oxygen atoms in total. The molecule has 0 saturated carbocycles. The second kappa shape index (κ2) is 3.38. The smallest absolute Gasteiger partial charge is 0.180 e. The molecular formula is C11H10N2O. The number of nitrogen functional groups attached to an aromatic ring is 1. The molecule has 0 bridgehead atoms. The fourth-order valence-corrected chi connectivity index (χ4v) is 1.28. The summed E-state index contributed by atoms with van der Waals surface area (Å²) in [5.41, 5.74) is 8.38. The van der Waals surface area contributed by atoms with Crippen LogP contribution >= 0.6 is 0 Å². The highest BCUT2D eigenvalue weighted by atomic mass is 16.5. The van der Waals surface area contributed by atoms with Crippen molar-refractivity contribution in [3.63, 3.8) is 0 Å². The van der Waals surface area contributed by atoms with Crippen LogP contribution < -0.4 is 10.5 Å². The summed E-state index contributed by atoms with van der Waals surface area (Å²) in [5, 5.41) is 10.8. The first-order valence-electron chi connectivity index (χ1n) is 4.30. The van der Waals surface area contributed by atoms with Crippen LogP contribution in [0.3, 0.4) is 0 Å². The Morgan fingerprint density at radius 2 is 1.36 bits per heavy atom. The molecule has 0 radical (unpaired) electrons. The van der Waals surface area contributed by atoms with Gasteiger partial charge in [-0.05, 0) is 23.3 Å². The number of rotatable bonds is 1. The second-order valence-electron chi connectivity index (χ2n) is 3.07. The molecule has 0 saturated heterocycles. The highest BCUT2D eigenvalue weighted by molar-refractivity contribution is 5.64. The largest absolute Gasteiger partial charge is 0.619 e. The zero-order valence-corrected chi connectivity index (χ0v) is 7.55. The van der Waals surface area contributed by atoms with Gasteiger partial charge in [-0.25, -0.2) is 0 Å². The van der Waals surface area contributed by atoms with Crippen LogP contribution in [0.2, 0.25) is 0 Å². The van der Waals surface area contributed by atoms with Crippen molar-refractivity contribution in [3.05, 3.63) is 54.0 Å². The van der Waals surface area contributed by atoms with Crippen molar-refractivity contribution in [2.75, 3.05) is 5.73 Å². The van der Waals surface area contributed by atoms with Gasteiger partial charge >= 0.3 is 0 Å². The van der Waals surface area contributed by atoms with E-state index in [0.29, 0.717) is 0 Å². The van der Waals surface area contributed by atoms with Crippen LogP contribution in [0.1, 0.15) is 0 Å². The van der Waals surface area contributed by atoms with Crippen LogP contribution in [-0.4, -0.2) is 0 Å². The Morgan fingerprint density at radius 3 is 1.93 bits per heavy atom. The molecule has 14 heavy (non-hydrogen) atoms. The number of anilines is 1. The van der Waals surface area contributed by atoms with E-state index in [4.69, 9.17) is 5.73 Å². The molecule has 0 aliphatic carbocycles. The lowest BCUT2D eigenvalue weighted by Crippen LogP contribution is -2.23. The van der Waals surface area contributed by atoms with Crippen LogP contribution in [-0.2, 0) is 0 Å². The van der Waals surface area contributed by atoms with Gasteiger partial charge in [-0.3, -0.25) is 0 Å². The van der Waals surface area contributed by atoms with Gasteiger partial charge in [0.25, 0.3) is 0 Å². The van der Waals surface area contributed by atoms with Gasteiger partial charge in [-0.2, -0.15) is 4.73 Å². The zero-order chi connectivity index (χ0) is 9.97. The van der Waals surface area contributed by atoms with Gasteiger partial charge in [-0.15, -0.1) is 0 Å². The lowest BCUT2D eigenvalue weighted by Gasteiger charge is -2.01. The third kappa shape index (κ3) is 1.66. The standard InChI is InChI=1S/C11H10N2O/c12-11-3-1-9(2-4-11)10-5-7-13(14)8-6-10/h1-8H,12H2. The van der Waals surface area contributed by atoms with Crippen LogP contribution in [0.25, 0.3) is 11.1 Å². The third-order valence-corrected chi connectivity index (χ3v) is 2.05. The molecule has 0 aliphatic rings. The number of nitrogens with two attached hydrogens (primary N) is 1. The summed E-state index contributed by atoms with van der Waals surface area (Å²) in [4.78, 5) is 0. The maximum atomic E-state index is 10.8. The van der Waals surface area contributed by atoms with Gasteiger partial charge in [0.15, 0.2) is 12.4 Å². The predicted octanol–water partition coefficient (Wildman–Crippen LogP) is 1.57. The average molecular weight is 186 g/mol. The van der Waals surface area contributed by atoms with E-state index in [1.54, 1.807) is 12.1 Å².